The lowest BCUT2D eigenvalue weighted by Gasteiger charge is -2.43. The number of likely N-dealkylation sites (tertiary alicyclic amines) is 1. The number of hydrogen-bond donors (Lipinski definition) is 1. The molecular weight excluding hydrogens is 431 g/mol. The molecule has 0 aromatic heterocycles. The fraction of sp³-hybridized carbons (Fsp3) is 0.400. The van der Waals surface area contributed by atoms with E-state index in [1.165, 1.54) is 9.80 Å². The number of piperidine rings is 1. The molecule has 2 aliphatic rings. The van der Waals surface area contributed by atoms with E-state index >= 15 is 0 Å². The molecule has 176 valence electrons. The molecule has 8 heteroatoms. The third kappa shape index (κ3) is 4.25. The van der Waals surface area contributed by atoms with E-state index in [0.717, 1.165) is 18.2 Å². The number of aliphatic hydroxyl groups is 1. The Morgan fingerprint density at radius 3 is 2.61 bits per heavy atom. The molecule has 0 radical (unpaired) electrons. The molecule has 3 atom stereocenters. The first-order valence-electron chi connectivity index (χ1n) is 11.0. The lowest BCUT2D eigenvalue weighted by atomic mass is 9.89. The third-order valence-electron chi connectivity index (χ3n) is 6.75. The van der Waals surface area contributed by atoms with E-state index in [1.54, 1.807) is 37.4 Å². The first-order chi connectivity index (χ1) is 15.8. The van der Waals surface area contributed by atoms with E-state index in [9.17, 15) is 23.1 Å². The molecule has 0 saturated carbocycles. The number of carbonyl (C=O) groups excluding carboxylic acids is 1. The Balaban J connectivity index is 1.75. The number of alkyl halides is 1. The van der Waals surface area contributed by atoms with Gasteiger partial charge in [-0.1, -0.05) is 30.3 Å². The molecule has 2 aromatic carbocycles. The van der Waals surface area contributed by atoms with Gasteiger partial charge in [0, 0.05) is 32.2 Å². The predicted octanol–water partition coefficient (Wildman–Crippen LogP) is 3.65. The fourth-order valence-electron chi connectivity index (χ4n) is 4.87. The van der Waals surface area contributed by atoms with E-state index in [2.05, 4.69) is 0 Å². The quantitative estimate of drug-likeness (QED) is 0.760. The summed E-state index contributed by atoms with van der Waals surface area (Å²) in [5.74, 6) is -1.22. The van der Waals surface area contributed by atoms with Crippen LogP contribution in [0.3, 0.4) is 0 Å². The second kappa shape index (κ2) is 9.19. The molecule has 0 aliphatic carbocycles. The minimum atomic E-state index is -1.29. The Bertz CT molecular complexity index is 1050. The number of aliphatic hydroxyl groups excluding tert-OH is 1. The van der Waals surface area contributed by atoms with Crippen molar-refractivity contribution in [2.75, 3.05) is 40.3 Å². The van der Waals surface area contributed by atoms with Gasteiger partial charge in [-0.15, -0.1) is 0 Å². The van der Waals surface area contributed by atoms with Gasteiger partial charge < -0.3 is 19.8 Å². The number of nitrogens with zero attached hydrogens (tertiary/aromatic N) is 3. The summed E-state index contributed by atoms with van der Waals surface area (Å²) in [5, 5.41) is 10.6. The molecule has 2 aliphatic heterocycles. The fourth-order valence-corrected chi connectivity index (χ4v) is 4.87. The van der Waals surface area contributed by atoms with Crippen molar-refractivity contribution < 1.29 is 23.1 Å². The van der Waals surface area contributed by atoms with Crippen molar-refractivity contribution in [3.8, 4) is 0 Å². The van der Waals surface area contributed by atoms with Gasteiger partial charge >= 0.3 is 6.03 Å². The second-order valence-electron chi connectivity index (χ2n) is 8.86. The summed E-state index contributed by atoms with van der Waals surface area (Å²) in [4.78, 5) is 18.4. The number of hydrogen-bond acceptors (Lipinski definition) is 3. The van der Waals surface area contributed by atoms with Crippen molar-refractivity contribution in [3.05, 3.63) is 77.4 Å². The normalized spacial score (nSPS) is 25.8. The van der Waals surface area contributed by atoms with Crippen LogP contribution in [0.2, 0.25) is 0 Å². The van der Waals surface area contributed by atoms with Crippen LogP contribution in [0.25, 0.3) is 5.57 Å². The Kier molecular flexibility index (Phi) is 6.50. The van der Waals surface area contributed by atoms with Crippen LogP contribution in [0.5, 0.6) is 0 Å². The highest BCUT2D eigenvalue weighted by molar-refractivity contribution is 5.83. The Morgan fingerprint density at radius 1 is 1.21 bits per heavy atom. The van der Waals surface area contributed by atoms with Gasteiger partial charge in [-0.05, 0) is 48.9 Å². The molecule has 2 heterocycles. The molecule has 1 saturated heterocycles. The van der Waals surface area contributed by atoms with Crippen LogP contribution in [-0.4, -0.2) is 78.4 Å². The summed E-state index contributed by atoms with van der Waals surface area (Å²) in [7, 11) is 3.39. The molecule has 0 bridgehead atoms. The number of benzene rings is 2. The van der Waals surface area contributed by atoms with E-state index in [-0.39, 0.29) is 18.7 Å². The van der Waals surface area contributed by atoms with Crippen molar-refractivity contribution in [3.63, 3.8) is 0 Å². The van der Waals surface area contributed by atoms with E-state index in [4.69, 9.17) is 0 Å². The van der Waals surface area contributed by atoms with Crippen LogP contribution >= 0.6 is 0 Å². The Hall–Kier alpha value is -2.84. The first-order valence-corrected chi connectivity index (χ1v) is 11.0. The smallest absolute Gasteiger partial charge is 0.321 e. The number of rotatable bonds is 4. The van der Waals surface area contributed by atoms with Gasteiger partial charge in [0.1, 0.15) is 23.3 Å². The average molecular weight is 460 g/mol. The summed E-state index contributed by atoms with van der Waals surface area (Å²) in [5.41, 5.74) is -0.254. The second-order valence-corrected chi connectivity index (χ2v) is 8.86. The van der Waals surface area contributed by atoms with Gasteiger partial charge in [0.15, 0.2) is 0 Å². The molecular formula is C25H28F3N3O2. The number of carbonyl (C=O) groups is 1. The molecule has 2 amide bonds. The zero-order valence-electron chi connectivity index (χ0n) is 18.7. The standard InChI is InChI=1S/C25H28F3N3O2/c1-29-11-10-23(22(28)15-29)30(2)24(33)31-14-17(20-12-19(26)8-9-21(20)27)13-25(31,16-32)18-6-4-3-5-7-18/h3-9,12-13,22-23,32H,10-11,14-16H2,1-2H3/t22?,23?,25-/m1/s1. The van der Waals surface area contributed by atoms with Crippen LogP contribution in [0, 0.1) is 11.6 Å². The average Bonchev–Trinajstić information content (AvgIpc) is 3.21. The van der Waals surface area contributed by atoms with Crippen LogP contribution in [-0.2, 0) is 5.54 Å². The van der Waals surface area contributed by atoms with Gasteiger partial charge in [0.2, 0.25) is 0 Å². The molecule has 2 unspecified atom stereocenters. The van der Waals surface area contributed by atoms with Crippen molar-refractivity contribution in [1.82, 2.24) is 14.7 Å². The minimum Gasteiger partial charge on any atom is -0.393 e. The lowest BCUT2D eigenvalue weighted by molar-refractivity contribution is 0.0417. The Labute approximate surface area is 191 Å². The zero-order chi connectivity index (χ0) is 23.8. The molecule has 4 rings (SSSR count). The number of halogens is 3. The highest BCUT2D eigenvalue weighted by Gasteiger charge is 2.47. The van der Waals surface area contributed by atoms with E-state index in [1.807, 2.05) is 18.0 Å². The summed E-state index contributed by atoms with van der Waals surface area (Å²) >= 11 is 0. The first kappa shape index (κ1) is 23.3. The largest absolute Gasteiger partial charge is 0.393 e. The van der Waals surface area contributed by atoms with Crippen LogP contribution < -0.4 is 0 Å². The van der Waals surface area contributed by atoms with Crippen molar-refractivity contribution >= 4 is 11.6 Å². The molecule has 1 N–H and O–H groups in total. The van der Waals surface area contributed by atoms with Gasteiger partial charge in [0.25, 0.3) is 0 Å². The number of amides is 2. The summed E-state index contributed by atoms with van der Waals surface area (Å²) in [6.07, 6.45) is 0.881. The predicted molar refractivity (Wildman–Crippen MR) is 120 cm³/mol. The highest BCUT2D eigenvalue weighted by atomic mass is 19.1. The third-order valence-corrected chi connectivity index (χ3v) is 6.75. The SMILES string of the molecule is CN1CCC(N(C)C(=O)N2CC(c3cc(F)ccc3F)=C[C@@]2(CO)c2ccccc2)C(F)C1. The molecule has 5 nitrogen and oxygen atoms in total. The van der Waals surface area contributed by atoms with Gasteiger partial charge in [-0.2, -0.15) is 0 Å². The Morgan fingerprint density at radius 2 is 1.94 bits per heavy atom. The zero-order valence-corrected chi connectivity index (χ0v) is 18.7. The monoisotopic (exact) mass is 459 g/mol. The topological polar surface area (TPSA) is 47.0 Å². The molecule has 2 aromatic rings. The summed E-state index contributed by atoms with van der Waals surface area (Å²) in [6.45, 7) is 0.362. The van der Waals surface area contributed by atoms with Gasteiger partial charge in [0.05, 0.1) is 12.6 Å². The van der Waals surface area contributed by atoms with E-state index in [0.29, 0.717) is 24.1 Å². The highest BCUT2D eigenvalue weighted by Crippen LogP contribution is 2.41. The van der Waals surface area contributed by atoms with Crippen molar-refractivity contribution in [2.24, 2.45) is 0 Å². The maximum atomic E-state index is 14.8. The molecule has 1 fully saturated rings. The summed E-state index contributed by atoms with van der Waals surface area (Å²) in [6, 6.07) is 11.0. The van der Waals surface area contributed by atoms with Crippen LogP contribution in [0.4, 0.5) is 18.0 Å². The van der Waals surface area contributed by atoms with E-state index < -0.39 is 42.0 Å². The maximum absolute atomic E-state index is 14.8. The summed E-state index contributed by atoms with van der Waals surface area (Å²) < 4.78 is 43.4. The van der Waals surface area contributed by atoms with Crippen LogP contribution in [0.15, 0.2) is 54.6 Å². The minimum absolute atomic E-state index is 0.0318. The van der Waals surface area contributed by atoms with Crippen molar-refractivity contribution in [2.45, 2.75) is 24.2 Å². The van der Waals surface area contributed by atoms with Gasteiger partial charge in [-0.3, -0.25) is 0 Å². The van der Waals surface area contributed by atoms with Gasteiger partial charge in [-0.25, -0.2) is 18.0 Å². The van der Waals surface area contributed by atoms with Crippen molar-refractivity contribution in [1.29, 1.82) is 0 Å². The maximum Gasteiger partial charge on any atom is 0.321 e. The van der Waals surface area contributed by atoms with Crippen LogP contribution in [0.1, 0.15) is 17.5 Å². The molecule has 0 spiro atoms. The lowest BCUT2D eigenvalue weighted by Crippen LogP contribution is -2.58. The molecule has 33 heavy (non-hydrogen) atoms. The number of urea groups is 1.